The quantitative estimate of drug-likeness (QED) is 0.831. The molecule has 5 nitrogen and oxygen atoms in total. The van der Waals surface area contributed by atoms with Gasteiger partial charge in [0.1, 0.15) is 25.6 Å². The standard InChI is InChI=1S/C18H19NO4/c20-18(19-8-9-21-15-4-2-1-3-5-15)13-14-6-7-16-17(12-14)23-11-10-22-16/h1-7,12H,8-11,13H2,(H,19,20). The maximum atomic E-state index is 12.0. The third-order valence-corrected chi connectivity index (χ3v) is 3.41. The number of nitrogens with one attached hydrogen (secondary N) is 1. The first kappa shape index (κ1) is 15.2. The van der Waals surface area contributed by atoms with Crippen LogP contribution in [0.15, 0.2) is 48.5 Å². The highest BCUT2D eigenvalue weighted by Gasteiger charge is 2.13. The Morgan fingerprint density at radius 3 is 2.65 bits per heavy atom. The predicted octanol–water partition coefficient (Wildman–Crippen LogP) is 2.20. The van der Waals surface area contributed by atoms with Gasteiger partial charge in [-0.15, -0.1) is 0 Å². The molecule has 2 aromatic carbocycles. The van der Waals surface area contributed by atoms with Gasteiger partial charge in [0.15, 0.2) is 11.5 Å². The zero-order valence-electron chi connectivity index (χ0n) is 12.8. The molecule has 1 N–H and O–H groups in total. The minimum Gasteiger partial charge on any atom is -0.492 e. The van der Waals surface area contributed by atoms with Crippen LogP contribution >= 0.6 is 0 Å². The molecule has 3 rings (SSSR count). The smallest absolute Gasteiger partial charge is 0.224 e. The van der Waals surface area contributed by atoms with E-state index in [1.54, 1.807) is 0 Å². The molecule has 0 fully saturated rings. The van der Waals surface area contributed by atoms with E-state index >= 15 is 0 Å². The van der Waals surface area contributed by atoms with Gasteiger partial charge >= 0.3 is 0 Å². The van der Waals surface area contributed by atoms with Crippen LogP contribution in [0.25, 0.3) is 0 Å². The van der Waals surface area contributed by atoms with Crippen LogP contribution in [-0.4, -0.2) is 32.3 Å². The highest BCUT2D eigenvalue weighted by atomic mass is 16.6. The van der Waals surface area contributed by atoms with Crippen molar-refractivity contribution in [3.05, 3.63) is 54.1 Å². The molecule has 1 amide bonds. The SMILES string of the molecule is O=C(Cc1ccc2c(c1)OCCO2)NCCOc1ccccc1. The second kappa shape index (κ2) is 7.54. The molecule has 5 heteroatoms. The number of carbonyl (C=O) groups excluding carboxylic acids is 1. The minimum atomic E-state index is -0.0432. The second-order valence-electron chi connectivity index (χ2n) is 5.17. The summed E-state index contributed by atoms with van der Waals surface area (Å²) in [5, 5.41) is 2.85. The van der Waals surface area contributed by atoms with Crippen molar-refractivity contribution in [2.75, 3.05) is 26.4 Å². The molecule has 1 heterocycles. The maximum absolute atomic E-state index is 12.0. The summed E-state index contributed by atoms with van der Waals surface area (Å²) < 4.78 is 16.5. The van der Waals surface area contributed by atoms with E-state index in [0.717, 1.165) is 17.1 Å². The predicted molar refractivity (Wildman–Crippen MR) is 86.1 cm³/mol. The van der Waals surface area contributed by atoms with Gasteiger partial charge in [-0.3, -0.25) is 4.79 Å². The van der Waals surface area contributed by atoms with Crippen molar-refractivity contribution in [3.63, 3.8) is 0 Å². The molecule has 0 saturated carbocycles. The summed E-state index contributed by atoms with van der Waals surface area (Å²) in [7, 11) is 0. The Labute approximate surface area is 135 Å². The first-order valence-corrected chi connectivity index (χ1v) is 7.64. The molecule has 23 heavy (non-hydrogen) atoms. The van der Waals surface area contributed by atoms with Crippen molar-refractivity contribution in [2.45, 2.75) is 6.42 Å². The average Bonchev–Trinajstić information content (AvgIpc) is 2.59. The minimum absolute atomic E-state index is 0.0432. The molecule has 120 valence electrons. The van der Waals surface area contributed by atoms with E-state index < -0.39 is 0 Å². The summed E-state index contributed by atoms with van der Waals surface area (Å²) in [5.41, 5.74) is 0.899. The summed E-state index contributed by atoms with van der Waals surface area (Å²) in [6.45, 7) is 2.02. The largest absolute Gasteiger partial charge is 0.492 e. The lowest BCUT2D eigenvalue weighted by atomic mass is 10.1. The molecule has 0 saturated heterocycles. The third-order valence-electron chi connectivity index (χ3n) is 3.41. The zero-order valence-corrected chi connectivity index (χ0v) is 12.8. The van der Waals surface area contributed by atoms with E-state index in [1.165, 1.54) is 0 Å². The Kier molecular flexibility index (Phi) is 4.99. The molecule has 1 aliphatic rings. The lowest BCUT2D eigenvalue weighted by molar-refractivity contribution is -0.120. The van der Waals surface area contributed by atoms with Gasteiger partial charge in [0.25, 0.3) is 0 Å². The van der Waals surface area contributed by atoms with Gasteiger partial charge < -0.3 is 19.5 Å². The first-order valence-electron chi connectivity index (χ1n) is 7.64. The fraction of sp³-hybridized carbons (Fsp3) is 0.278. The molecule has 0 atom stereocenters. The molecule has 0 aromatic heterocycles. The summed E-state index contributed by atoms with van der Waals surface area (Å²) in [5.74, 6) is 2.19. The molecule has 0 aliphatic carbocycles. The van der Waals surface area contributed by atoms with Crippen LogP contribution < -0.4 is 19.5 Å². The fourth-order valence-corrected chi connectivity index (χ4v) is 2.32. The first-order chi connectivity index (χ1) is 11.3. The van der Waals surface area contributed by atoms with Gasteiger partial charge in [-0.25, -0.2) is 0 Å². The number of hydrogen-bond donors (Lipinski definition) is 1. The van der Waals surface area contributed by atoms with E-state index in [2.05, 4.69) is 5.32 Å². The Balaban J connectivity index is 1.42. The van der Waals surface area contributed by atoms with Crippen LogP contribution in [0.3, 0.4) is 0 Å². The van der Waals surface area contributed by atoms with E-state index in [0.29, 0.717) is 38.5 Å². The topological polar surface area (TPSA) is 56.8 Å². The van der Waals surface area contributed by atoms with E-state index in [4.69, 9.17) is 14.2 Å². The lowest BCUT2D eigenvalue weighted by Gasteiger charge is -2.18. The molecule has 0 bridgehead atoms. The number of para-hydroxylation sites is 1. The molecule has 0 unspecified atom stereocenters. The Hall–Kier alpha value is -2.69. The normalized spacial score (nSPS) is 12.5. The van der Waals surface area contributed by atoms with Gasteiger partial charge in [0.05, 0.1) is 13.0 Å². The highest BCUT2D eigenvalue weighted by Crippen LogP contribution is 2.30. The number of ether oxygens (including phenoxy) is 3. The number of carbonyl (C=O) groups is 1. The molecule has 0 spiro atoms. The van der Waals surface area contributed by atoms with E-state index in [1.807, 2.05) is 48.5 Å². The third kappa shape index (κ3) is 4.39. The van der Waals surface area contributed by atoms with E-state index in [9.17, 15) is 4.79 Å². The Morgan fingerprint density at radius 1 is 1.04 bits per heavy atom. The summed E-state index contributed by atoms with van der Waals surface area (Å²) in [6, 6.07) is 15.1. The summed E-state index contributed by atoms with van der Waals surface area (Å²) >= 11 is 0. The van der Waals surface area contributed by atoms with Crippen LogP contribution in [0.2, 0.25) is 0 Å². The van der Waals surface area contributed by atoms with Gasteiger partial charge in [-0.2, -0.15) is 0 Å². The Morgan fingerprint density at radius 2 is 1.83 bits per heavy atom. The van der Waals surface area contributed by atoms with Crippen LogP contribution in [0, 0.1) is 0 Å². The van der Waals surface area contributed by atoms with Crippen LogP contribution in [0.4, 0.5) is 0 Å². The van der Waals surface area contributed by atoms with Gasteiger partial charge in [0.2, 0.25) is 5.91 Å². The van der Waals surface area contributed by atoms with Crippen molar-refractivity contribution in [2.24, 2.45) is 0 Å². The lowest BCUT2D eigenvalue weighted by Crippen LogP contribution is -2.29. The fourth-order valence-electron chi connectivity index (χ4n) is 2.32. The van der Waals surface area contributed by atoms with Crippen molar-refractivity contribution in [1.82, 2.24) is 5.32 Å². The van der Waals surface area contributed by atoms with Gasteiger partial charge in [-0.05, 0) is 29.8 Å². The van der Waals surface area contributed by atoms with Gasteiger partial charge in [-0.1, -0.05) is 24.3 Å². The summed E-state index contributed by atoms with van der Waals surface area (Å²) in [6.07, 6.45) is 0.308. The van der Waals surface area contributed by atoms with Crippen molar-refractivity contribution in [3.8, 4) is 17.2 Å². The van der Waals surface area contributed by atoms with Crippen molar-refractivity contribution >= 4 is 5.91 Å². The average molecular weight is 313 g/mol. The number of hydrogen-bond acceptors (Lipinski definition) is 4. The Bertz CT molecular complexity index is 657. The van der Waals surface area contributed by atoms with E-state index in [-0.39, 0.29) is 5.91 Å². The molecular formula is C18H19NO4. The second-order valence-corrected chi connectivity index (χ2v) is 5.17. The highest BCUT2D eigenvalue weighted by molar-refractivity contribution is 5.78. The van der Waals surface area contributed by atoms with Gasteiger partial charge in [0, 0.05) is 0 Å². The number of fused-ring (bicyclic) bond motifs is 1. The summed E-state index contributed by atoms with van der Waals surface area (Å²) in [4.78, 5) is 12.0. The maximum Gasteiger partial charge on any atom is 0.224 e. The van der Waals surface area contributed by atoms with Crippen molar-refractivity contribution < 1.29 is 19.0 Å². The van der Waals surface area contributed by atoms with Crippen molar-refractivity contribution in [1.29, 1.82) is 0 Å². The van der Waals surface area contributed by atoms with Crippen LogP contribution in [0.5, 0.6) is 17.2 Å². The number of benzene rings is 2. The number of rotatable bonds is 6. The molecular weight excluding hydrogens is 294 g/mol. The molecule has 0 radical (unpaired) electrons. The zero-order chi connectivity index (χ0) is 15.9. The number of amides is 1. The monoisotopic (exact) mass is 313 g/mol. The molecule has 1 aliphatic heterocycles. The van der Waals surface area contributed by atoms with Crippen LogP contribution in [-0.2, 0) is 11.2 Å². The van der Waals surface area contributed by atoms with Crippen LogP contribution in [0.1, 0.15) is 5.56 Å². The molecule has 2 aromatic rings.